The highest BCUT2D eigenvalue weighted by atomic mass is 16.5. The van der Waals surface area contributed by atoms with Gasteiger partial charge in [-0.25, -0.2) is 4.79 Å². The van der Waals surface area contributed by atoms with E-state index in [2.05, 4.69) is 0 Å². The quantitative estimate of drug-likeness (QED) is 0.923. The molecule has 114 valence electrons. The fourth-order valence-electron chi connectivity index (χ4n) is 2.57. The van der Waals surface area contributed by atoms with E-state index in [1.54, 1.807) is 0 Å². The minimum Gasteiger partial charge on any atom is -0.483 e. The van der Waals surface area contributed by atoms with Crippen molar-refractivity contribution in [2.75, 3.05) is 13.2 Å². The van der Waals surface area contributed by atoms with Crippen LogP contribution >= 0.6 is 0 Å². The number of carbonyl (C=O) groups is 2. The Hall–Kier alpha value is -2.04. The molecule has 1 N–H and O–H groups in total. The van der Waals surface area contributed by atoms with Gasteiger partial charge in [0.25, 0.3) is 5.91 Å². The number of nitrogens with zero attached hydrogens (tertiary/aromatic N) is 1. The number of aryl methyl sites for hydroxylation is 2. The SMILES string of the molecule is Cc1ccc(C)c(OCC(=O)N2CCCC[C@@H]2C(=O)O)c1. The second kappa shape index (κ2) is 6.61. The van der Waals surface area contributed by atoms with Gasteiger partial charge in [-0.1, -0.05) is 12.1 Å². The second-order valence-corrected chi connectivity index (χ2v) is 5.49. The van der Waals surface area contributed by atoms with Crippen LogP contribution in [0.3, 0.4) is 0 Å². The number of aliphatic carboxylic acids is 1. The summed E-state index contributed by atoms with van der Waals surface area (Å²) in [6, 6.07) is 5.09. The molecule has 1 amide bonds. The maximum Gasteiger partial charge on any atom is 0.326 e. The van der Waals surface area contributed by atoms with Gasteiger partial charge in [0, 0.05) is 6.54 Å². The maximum atomic E-state index is 12.2. The highest BCUT2D eigenvalue weighted by Gasteiger charge is 2.31. The summed E-state index contributed by atoms with van der Waals surface area (Å²) in [6.45, 7) is 4.25. The first kappa shape index (κ1) is 15.4. The molecule has 0 aromatic heterocycles. The number of ether oxygens (including phenoxy) is 1. The highest BCUT2D eigenvalue weighted by Crippen LogP contribution is 2.21. The van der Waals surface area contributed by atoms with E-state index in [0.717, 1.165) is 24.0 Å². The second-order valence-electron chi connectivity index (χ2n) is 5.49. The van der Waals surface area contributed by atoms with E-state index in [1.807, 2.05) is 32.0 Å². The lowest BCUT2D eigenvalue weighted by atomic mass is 10.0. The van der Waals surface area contributed by atoms with Gasteiger partial charge < -0.3 is 14.7 Å². The van der Waals surface area contributed by atoms with Gasteiger partial charge in [0.2, 0.25) is 0 Å². The van der Waals surface area contributed by atoms with E-state index >= 15 is 0 Å². The highest BCUT2D eigenvalue weighted by molar-refractivity contribution is 5.84. The molecule has 1 fully saturated rings. The zero-order chi connectivity index (χ0) is 15.4. The van der Waals surface area contributed by atoms with Crippen molar-refractivity contribution in [2.24, 2.45) is 0 Å². The van der Waals surface area contributed by atoms with Crippen molar-refractivity contribution >= 4 is 11.9 Å². The van der Waals surface area contributed by atoms with E-state index in [9.17, 15) is 14.7 Å². The van der Waals surface area contributed by atoms with Crippen LogP contribution in [0.2, 0.25) is 0 Å². The van der Waals surface area contributed by atoms with Crippen molar-refractivity contribution in [3.8, 4) is 5.75 Å². The molecule has 1 aliphatic rings. The Balaban J connectivity index is 2.00. The zero-order valence-electron chi connectivity index (χ0n) is 12.5. The summed E-state index contributed by atoms with van der Waals surface area (Å²) in [5, 5.41) is 9.19. The summed E-state index contributed by atoms with van der Waals surface area (Å²) in [7, 11) is 0. The van der Waals surface area contributed by atoms with Crippen molar-refractivity contribution in [1.29, 1.82) is 0 Å². The molecular formula is C16H21NO4. The minimum atomic E-state index is -0.935. The lowest BCUT2D eigenvalue weighted by Gasteiger charge is -2.32. The van der Waals surface area contributed by atoms with Gasteiger partial charge in [-0.05, 0) is 50.3 Å². The molecule has 1 aromatic carbocycles. The zero-order valence-corrected chi connectivity index (χ0v) is 12.5. The van der Waals surface area contributed by atoms with Crippen LogP contribution in [-0.4, -0.2) is 41.1 Å². The smallest absolute Gasteiger partial charge is 0.326 e. The molecule has 1 heterocycles. The van der Waals surface area contributed by atoms with E-state index in [0.29, 0.717) is 18.7 Å². The Kier molecular flexibility index (Phi) is 4.83. The summed E-state index contributed by atoms with van der Waals surface area (Å²) in [6.07, 6.45) is 2.21. The molecule has 0 unspecified atom stereocenters. The van der Waals surface area contributed by atoms with Crippen molar-refractivity contribution in [1.82, 2.24) is 4.90 Å². The number of carbonyl (C=O) groups excluding carboxylic acids is 1. The van der Waals surface area contributed by atoms with Crippen LogP contribution in [0.1, 0.15) is 30.4 Å². The van der Waals surface area contributed by atoms with Gasteiger partial charge in [0.1, 0.15) is 11.8 Å². The van der Waals surface area contributed by atoms with Crippen LogP contribution in [0.5, 0.6) is 5.75 Å². The summed E-state index contributed by atoms with van der Waals surface area (Å²) in [5.74, 6) is -0.523. The lowest BCUT2D eigenvalue weighted by molar-refractivity contribution is -0.152. The van der Waals surface area contributed by atoms with E-state index in [1.165, 1.54) is 4.90 Å². The number of rotatable bonds is 4. The van der Waals surface area contributed by atoms with Crippen LogP contribution in [0.25, 0.3) is 0 Å². The van der Waals surface area contributed by atoms with Crippen LogP contribution in [-0.2, 0) is 9.59 Å². The monoisotopic (exact) mass is 291 g/mol. The Morgan fingerprint density at radius 2 is 2.10 bits per heavy atom. The molecule has 2 rings (SSSR count). The average Bonchev–Trinajstić information content (AvgIpc) is 2.47. The maximum absolute atomic E-state index is 12.2. The first-order valence-electron chi connectivity index (χ1n) is 7.21. The predicted octanol–water partition coefficient (Wildman–Crippen LogP) is 2.15. The molecule has 0 spiro atoms. The first-order valence-corrected chi connectivity index (χ1v) is 7.21. The third-order valence-corrected chi connectivity index (χ3v) is 3.80. The molecule has 5 nitrogen and oxygen atoms in total. The Morgan fingerprint density at radius 1 is 1.33 bits per heavy atom. The van der Waals surface area contributed by atoms with Gasteiger partial charge >= 0.3 is 5.97 Å². The lowest BCUT2D eigenvalue weighted by Crippen LogP contribution is -2.49. The number of carboxylic acids is 1. The summed E-state index contributed by atoms with van der Waals surface area (Å²) >= 11 is 0. The van der Waals surface area contributed by atoms with Gasteiger partial charge in [-0.3, -0.25) is 4.79 Å². The number of amides is 1. The molecule has 1 atom stereocenters. The number of likely N-dealkylation sites (tertiary alicyclic amines) is 1. The van der Waals surface area contributed by atoms with Gasteiger partial charge in [0.05, 0.1) is 0 Å². The third kappa shape index (κ3) is 3.74. The normalized spacial score (nSPS) is 18.4. The minimum absolute atomic E-state index is 0.117. The number of benzene rings is 1. The summed E-state index contributed by atoms with van der Waals surface area (Å²) in [5.41, 5.74) is 2.02. The van der Waals surface area contributed by atoms with Crippen LogP contribution in [0.15, 0.2) is 18.2 Å². The van der Waals surface area contributed by atoms with E-state index < -0.39 is 12.0 Å². The topological polar surface area (TPSA) is 66.8 Å². The van der Waals surface area contributed by atoms with Crippen LogP contribution < -0.4 is 4.74 Å². The largest absolute Gasteiger partial charge is 0.483 e. The van der Waals surface area contributed by atoms with Crippen LogP contribution in [0, 0.1) is 13.8 Å². The molecule has 1 saturated heterocycles. The standard InChI is InChI=1S/C16H21NO4/c1-11-6-7-12(2)14(9-11)21-10-15(18)17-8-4-3-5-13(17)16(19)20/h6-7,9,13H,3-5,8,10H2,1-2H3,(H,19,20)/t13-/m1/s1. The van der Waals surface area contributed by atoms with Crippen molar-refractivity contribution in [3.05, 3.63) is 29.3 Å². The fraction of sp³-hybridized carbons (Fsp3) is 0.500. The molecular weight excluding hydrogens is 270 g/mol. The molecule has 0 saturated carbocycles. The van der Waals surface area contributed by atoms with Gasteiger partial charge in [-0.15, -0.1) is 0 Å². The fourth-order valence-corrected chi connectivity index (χ4v) is 2.57. The van der Waals surface area contributed by atoms with Gasteiger partial charge in [-0.2, -0.15) is 0 Å². The third-order valence-electron chi connectivity index (χ3n) is 3.80. The Bertz CT molecular complexity index is 541. The molecule has 0 radical (unpaired) electrons. The van der Waals surface area contributed by atoms with Gasteiger partial charge in [0.15, 0.2) is 6.61 Å². The van der Waals surface area contributed by atoms with Crippen molar-refractivity contribution in [2.45, 2.75) is 39.2 Å². The number of hydrogen-bond acceptors (Lipinski definition) is 3. The van der Waals surface area contributed by atoms with Crippen molar-refractivity contribution in [3.63, 3.8) is 0 Å². The molecule has 0 aliphatic carbocycles. The Labute approximate surface area is 124 Å². The predicted molar refractivity (Wildman–Crippen MR) is 78.4 cm³/mol. The number of piperidine rings is 1. The molecule has 5 heteroatoms. The average molecular weight is 291 g/mol. The first-order chi connectivity index (χ1) is 9.99. The Morgan fingerprint density at radius 3 is 2.81 bits per heavy atom. The van der Waals surface area contributed by atoms with E-state index in [4.69, 9.17) is 4.74 Å². The molecule has 0 bridgehead atoms. The van der Waals surface area contributed by atoms with E-state index in [-0.39, 0.29) is 12.5 Å². The summed E-state index contributed by atoms with van der Waals surface area (Å²) in [4.78, 5) is 24.9. The molecule has 1 aromatic rings. The summed E-state index contributed by atoms with van der Waals surface area (Å²) < 4.78 is 5.58. The van der Waals surface area contributed by atoms with Crippen LogP contribution in [0.4, 0.5) is 0 Å². The number of carboxylic acid groups (broad SMARTS) is 1. The molecule has 1 aliphatic heterocycles. The number of hydrogen-bond donors (Lipinski definition) is 1. The molecule has 21 heavy (non-hydrogen) atoms. The van der Waals surface area contributed by atoms with Crippen molar-refractivity contribution < 1.29 is 19.4 Å².